The number of nitrogens with one attached hydrogen (secondary N) is 1. The zero-order valence-corrected chi connectivity index (χ0v) is 20.4. The van der Waals surface area contributed by atoms with Crippen LogP contribution >= 0.6 is 23.1 Å². The minimum absolute atomic E-state index is 0.0700. The van der Waals surface area contributed by atoms with E-state index >= 15 is 0 Å². The zero-order chi connectivity index (χ0) is 24.7. The predicted octanol–water partition coefficient (Wildman–Crippen LogP) is -1.04. The predicted molar refractivity (Wildman–Crippen MR) is 126 cm³/mol. The van der Waals surface area contributed by atoms with E-state index in [1.165, 1.54) is 41.2 Å². The van der Waals surface area contributed by atoms with E-state index in [9.17, 15) is 19.5 Å². The van der Waals surface area contributed by atoms with Crippen LogP contribution in [0.25, 0.3) is 0 Å². The Morgan fingerprint density at radius 2 is 2.26 bits per heavy atom. The molecule has 1 saturated heterocycles. The number of anilines is 1. The van der Waals surface area contributed by atoms with Crippen LogP contribution in [0, 0.1) is 0 Å². The SMILES string of the molecule is CO/N=C(/C(=O)N[C@@H]1C(=O)N2C(C(=O)[O-])=C(C[n+]3cccc4c3CCC4)CSC12)c1cnc(N)s1. The minimum Gasteiger partial charge on any atom is -0.543 e. The highest BCUT2D eigenvalue weighted by molar-refractivity contribution is 8.00. The first-order chi connectivity index (χ1) is 16.9. The molecule has 1 aliphatic carbocycles. The van der Waals surface area contributed by atoms with Crippen molar-refractivity contribution in [3.63, 3.8) is 0 Å². The molecular formula is C22H22N6O5S2. The maximum atomic E-state index is 13.0. The van der Waals surface area contributed by atoms with Gasteiger partial charge in [-0.25, -0.2) is 4.98 Å². The van der Waals surface area contributed by atoms with Crippen LogP contribution in [0.1, 0.15) is 22.6 Å². The molecule has 5 rings (SSSR count). The Kier molecular flexibility index (Phi) is 6.19. The lowest BCUT2D eigenvalue weighted by Gasteiger charge is -2.50. The molecule has 2 amide bonds. The molecule has 3 aliphatic rings. The van der Waals surface area contributed by atoms with E-state index < -0.39 is 29.2 Å². The van der Waals surface area contributed by atoms with Crippen molar-refractivity contribution in [3.8, 4) is 0 Å². The Labute approximate surface area is 208 Å². The summed E-state index contributed by atoms with van der Waals surface area (Å²) < 4.78 is 2.05. The van der Waals surface area contributed by atoms with Crippen molar-refractivity contribution in [3.05, 3.63) is 51.9 Å². The number of rotatable bonds is 7. The number of pyridine rings is 1. The van der Waals surface area contributed by atoms with Crippen LogP contribution in [0.3, 0.4) is 0 Å². The fraction of sp³-hybridized carbons (Fsp3) is 0.364. The third kappa shape index (κ3) is 4.14. The molecule has 0 radical (unpaired) electrons. The molecule has 2 aliphatic heterocycles. The van der Waals surface area contributed by atoms with Gasteiger partial charge in [0.15, 0.2) is 29.3 Å². The van der Waals surface area contributed by atoms with E-state index in [-0.39, 0.29) is 16.5 Å². The van der Waals surface area contributed by atoms with Gasteiger partial charge >= 0.3 is 0 Å². The highest BCUT2D eigenvalue weighted by atomic mass is 32.2. The summed E-state index contributed by atoms with van der Waals surface area (Å²) >= 11 is 2.45. The molecule has 11 nitrogen and oxygen atoms in total. The van der Waals surface area contributed by atoms with E-state index in [0.29, 0.717) is 22.7 Å². The Hall–Kier alpha value is -3.45. The number of aliphatic carboxylic acids is 1. The first-order valence-electron chi connectivity index (χ1n) is 10.9. The van der Waals surface area contributed by atoms with Crippen LogP contribution in [-0.2, 0) is 38.6 Å². The van der Waals surface area contributed by atoms with Crippen LogP contribution in [0.15, 0.2) is 41.0 Å². The van der Waals surface area contributed by atoms with E-state index in [4.69, 9.17) is 10.6 Å². The third-order valence-corrected chi connectivity index (χ3v) is 8.36. The fourth-order valence-corrected chi connectivity index (χ4v) is 6.65. The number of thioether (sulfide) groups is 1. The van der Waals surface area contributed by atoms with Gasteiger partial charge in [-0.3, -0.25) is 14.5 Å². The number of carbonyl (C=O) groups is 3. The number of amides is 2. The molecular weight excluding hydrogens is 492 g/mol. The van der Waals surface area contributed by atoms with Gasteiger partial charge in [0, 0.05) is 35.6 Å². The smallest absolute Gasteiger partial charge is 0.275 e. The first kappa shape index (κ1) is 23.3. The molecule has 0 bridgehead atoms. The summed E-state index contributed by atoms with van der Waals surface area (Å²) in [5.41, 5.74) is 8.53. The number of nitrogen functional groups attached to an aromatic ring is 1. The largest absolute Gasteiger partial charge is 0.543 e. The minimum atomic E-state index is -1.40. The molecule has 35 heavy (non-hydrogen) atoms. The second-order valence-electron chi connectivity index (χ2n) is 8.25. The number of carbonyl (C=O) groups excluding carboxylic acids is 3. The number of oxime groups is 1. The summed E-state index contributed by atoms with van der Waals surface area (Å²) in [5.74, 6) is -2.17. The number of thiazole rings is 1. The maximum Gasteiger partial charge on any atom is 0.275 e. The average Bonchev–Trinajstić information content (AvgIpc) is 3.49. The zero-order valence-electron chi connectivity index (χ0n) is 18.7. The number of nitrogens with two attached hydrogens (primary N) is 1. The summed E-state index contributed by atoms with van der Waals surface area (Å²) in [6, 6.07) is 3.13. The molecule has 4 heterocycles. The number of carboxylic acids is 1. The highest BCUT2D eigenvalue weighted by Gasteiger charge is 2.53. The van der Waals surface area contributed by atoms with Gasteiger partial charge in [-0.1, -0.05) is 16.5 Å². The van der Waals surface area contributed by atoms with Crippen molar-refractivity contribution in [2.45, 2.75) is 37.2 Å². The van der Waals surface area contributed by atoms with Gasteiger partial charge in [0.1, 0.15) is 18.5 Å². The summed E-state index contributed by atoms with van der Waals surface area (Å²) in [7, 11) is 1.30. The molecule has 182 valence electrons. The normalized spacial score (nSPS) is 21.3. The van der Waals surface area contributed by atoms with E-state index in [1.807, 2.05) is 12.3 Å². The molecule has 0 spiro atoms. The summed E-state index contributed by atoms with van der Waals surface area (Å²) in [5, 5.41) is 18.2. The highest BCUT2D eigenvalue weighted by Crippen LogP contribution is 2.40. The van der Waals surface area contributed by atoms with Crippen molar-refractivity contribution in [2.24, 2.45) is 5.16 Å². The van der Waals surface area contributed by atoms with Crippen LogP contribution in [-0.4, -0.2) is 57.7 Å². The van der Waals surface area contributed by atoms with Gasteiger partial charge in [0.25, 0.3) is 11.8 Å². The van der Waals surface area contributed by atoms with Crippen LogP contribution in [0.5, 0.6) is 0 Å². The van der Waals surface area contributed by atoms with Crippen molar-refractivity contribution >= 4 is 51.7 Å². The van der Waals surface area contributed by atoms with Gasteiger partial charge < -0.3 is 25.8 Å². The Morgan fingerprint density at radius 1 is 1.43 bits per heavy atom. The molecule has 0 saturated carbocycles. The van der Waals surface area contributed by atoms with Gasteiger partial charge in [0.2, 0.25) is 0 Å². The van der Waals surface area contributed by atoms with Crippen molar-refractivity contribution in [1.29, 1.82) is 0 Å². The monoisotopic (exact) mass is 514 g/mol. The lowest BCUT2D eigenvalue weighted by Crippen LogP contribution is -2.71. The lowest BCUT2D eigenvalue weighted by molar-refractivity contribution is -0.696. The van der Waals surface area contributed by atoms with Gasteiger partial charge in [-0.2, -0.15) is 4.57 Å². The van der Waals surface area contributed by atoms with Crippen LogP contribution in [0.4, 0.5) is 5.13 Å². The number of hydrogen-bond donors (Lipinski definition) is 2. The second-order valence-corrected chi connectivity index (χ2v) is 10.4. The summed E-state index contributed by atoms with van der Waals surface area (Å²) in [6.45, 7) is 0.366. The molecule has 13 heteroatoms. The molecule has 3 N–H and O–H groups in total. The van der Waals surface area contributed by atoms with Gasteiger partial charge in [0.05, 0.1) is 16.5 Å². The van der Waals surface area contributed by atoms with Gasteiger partial charge in [-0.05, 0) is 18.9 Å². The van der Waals surface area contributed by atoms with E-state index in [2.05, 4.69) is 26.1 Å². The number of carboxylic acid groups (broad SMARTS) is 1. The number of nitrogens with zero attached hydrogens (tertiary/aromatic N) is 4. The van der Waals surface area contributed by atoms with Gasteiger partial charge in [-0.15, -0.1) is 11.8 Å². The molecule has 2 aromatic heterocycles. The Bertz CT molecular complexity index is 1290. The number of hydrogen-bond acceptors (Lipinski definition) is 10. The molecule has 2 aromatic rings. The van der Waals surface area contributed by atoms with Crippen LogP contribution in [0.2, 0.25) is 0 Å². The van der Waals surface area contributed by atoms with E-state index in [1.54, 1.807) is 0 Å². The lowest BCUT2D eigenvalue weighted by atomic mass is 10.0. The average molecular weight is 515 g/mol. The van der Waals surface area contributed by atoms with E-state index in [0.717, 1.165) is 30.6 Å². The number of fused-ring (bicyclic) bond motifs is 2. The Morgan fingerprint density at radius 3 is 2.97 bits per heavy atom. The summed E-state index contributed by atoms with van der Waals surface area (Å²) in [6.07, 6.45) is 6.34. The quantitative estimate of drug-likeness (QED) is 0.206. The van der Waals surface area contributed by atoms with Crippen LogP contribution < -0.4 is 20.7 Å². The van der Waals surface area contributed by atoms with Crippen molar-refractivity contribution < 1.29 is 28.9 Å². The Balaban J connectivity index is 1.36. The standard InChI is InChI=1S/C22H22N6O5S2/c1-33-26-15(14-8-24-22(23)35-14)18(29)25-16-19(30)28-17(21(31)32)12(10-34-20(16)28)9-27-7-3-5-11-4-2-6-13(11)27/h3,5,7-8,16,20H,2,4,6,9-10H2,1H3,(H3-,23,24,25,26,29,31,32)/t16-,20?/m1/s1. The third-order valence-electron chi connectivity index (χ3n) is 6.18. The fourth-order valence-electron chi connectivity index (χ4n) is 4.66. The van der Waals surface area contributed by atoms with Crippen molar-refractivity contribution in [2.75, 3.05) is 18.6 Å². The van der Waals surface area contributed by atoms with Crippen molar-refractivity contribution in [1.82, 2.24) is 15.2 Å². The maximum absolute atomic E-state index is 13.0. The molecule has 1 fully saturated rings. The molecule has 2 atom stereocenters. The topological polar surface area (TPSA) is 154 Å². The molecule has 1 unspecified atom stereocenters. The molecule has 0 aromatic carbocycles. The second kappa shape index (κ2) is 9.30. The first-order valence-corrected chi connectivity index (χ1v) is 12.8. The summed E-state index contributed by atoms with van der Waals surface area (Å²) in [4.78, 5) is 48.3. The number of β-lactam (4-membered cyclic amide) rings is 1. The number of aromatic nitrogens is 2. The number of aryl methyl sites for hydroxylation is 1.